The maximum atomic E-state index is 6.15. The Morgan fingerprint density at radius 3 is 3.29 bits per heavy atom. The van der Waals surface area contributed by atoms with Crippen LogP contribution in [0.15, 0.2) is 18.3 Å². The van der Waals surface area contributed by atoms with Gasteiger partial charge in [-0.05, 0) is 18.6 Å². The number of aromatic nitrogens is 1. The first-order valence-corrected chi connectivity index (χ1v) is 5.12. The summed E-state index contributed by atoms with van der Waals surface area (Å²) in [5, 5.41) is 0. The summed E-state index contributed by atoms with van der Waals surface area (Å²) in [7, 11) is 0. The number of anilines is 1. The molecule has 0 aliphatic carbocycles. The van der Waals surface area contributed by atoms with Gasteiger partial charge in [0.1, 0.15) is 0 Å². The number of rotatable bonds is 0. The lowest BCUT2D eigenvalue weighted by molar-refractivity contribution is 0.179. The van der Waals surface area contributed by atoms with Crippen molar-refractivity contribution in [2.75, 3.05) is 24.2 Å². The fraction of sp³-hybridized carbons (Fsp3) is 0.500. The lowest BCUT2D eigenvalue weighted by Gasteiger charge is -2.19. The summed E-state index contributed by atoms with van der Waals surface area (Å²) in [6.07, 6.45) is 2.86. The molecule has 74 valence electrons. The minimum absolute atomic E-state index is 0.0539. The molecule has 2 aliphatic heterocycles. The van der Waals surface area contributed by atoms with E-state index >= 15 is 0 Å². The third kappa shape index (κ3) is 0.996. The van der Waals surface area contributed by atoms with Gasteiger partial charge in [0.15, 0.2) is 0 Å². The maximum absolute atomic E-state index is 6.15. The zero-order chi connectivity index (χ0) is 9.60. The van der Waals surface area contributed by atoms with Crippen molar-refractivity contribution < 1.29 is 4.74 Å². The Kier molecular flexibility index (Phi) is 1.73. The van der Waals surface area contributed by atoms with Crippen molar-refractivity contribution in [2.45, 2.75) is 11.8 Å². The first kappa shape index (κ1) is 8.50. The van der Waals surface area contributed by atoms with Gasteiger partial charge in [-0.2, -0.15) is 0 Å². The molecule has 1 spiro atoms. The number of ether oxygens (including phenoxy) is 1. The third-order valence-corrected chi connectivity index (χ3v) is 3.40. The molecule has 0 bridgehead atoms. The zero-order valence-corrected chi connectivity index (χ0v) is 8.50. The van der Waals surface area contributed by atoms with E-state index in [9.17, 15) is 0 Å². The van der Waals surface area contributed by atoms with Crippen LogP contribution < -0.4 is 4.42 Å². The Balaban J connectivity index is 2.13. The maximum Gasteiger partial charge on any atom is 0.0753 e. The lowest BCUT2D eigenvalue weighted by Crippen LogP contribution is -2.31. The van der Waals surface area contributed by atoms with Crippen molar-refractivity contribution in [3.63, 3.8) is 0 Å². The van der Waals surface area contributed by atoms with Crippen LogP contribution in [0.5, 0.6) is 0 Å². The molecule has 1 aromatic heterocycles. The zero-order valence-electron chi connectivity index (χ0n) is 7.74. The fourth-order valence-electron chi connectivity index (χ4n) is 2.35. The molecule has 3 rings (SSSR count). The number of nitrogens with zero attached hydrogens (tertiary/aromatic N) is 2. The summed E-state index contributed by atoms with van der Waals surface area (Å²) in [5.74, 6) is 0. The molecule has 0 saturated carbocycles. The van der Waals surface area contributed by atoms with Crippen molar-refractivity contribution in [3.05, 3.63) is 24.0 Å². The monoisotopic (exact) mass is 210 g/mol. The lowest BCUT2D eigenvalue weighted by atomic mass is 9.85. The molecule has 3 heterocycles. The third-order valence-electron chi connectivity index (χ3n) is 3.09. The molecule has 14 heavy (non-hydrogen) atoms. The van der Waals surface area contributed by atoms with Crippen LogP contribution in [-0.4, -0.2) is 24.7 Å². The van der Waals surface area contributed by atoms with E-state index in [-0.39, 0.29) is 5.41 Å². The molecule has 0 N–H and O–H groups in total. The topological polar surface area (TPSA) is 25.4 Å². The largest absolute Gasteiger partial charge is 0.380 e. The fourth-order valence-corrected chi connectivity index (χ4v) is 2.71. The van der Waals surface area contributed by atoms with Gasteiger partial charge in [0, 0.05) is 31.1 Å². The highest BCUT2D eigenvalue weighted by atomic mass is 35.5. The van der Waals surface area contributed by atoms with Crippen LogP contribution in [0.1, 0.15) is 12.1 Å². The van der Waals surface area contributed by atoms with E-state index in [1.54, 1.807) is 4.42 Å². The molecule has 0 amide bonds. The highest BCUT2D eigenvalue weighted by Crippen LogP contribution is 2.44. The number of fused-ring (bicyclic) bond motifs is 2. The normalized spacial score (nSPS) is 29.9. The van der Waals surface area contributed by atoms with E-state index < -0.39 is 0 Å². The smallest absolute Gasteiger partial charge is 0.0753 e. The summed E-state index contributed by atoms with van der Waals surface area (Å²) in [6, 6.07) is 3.94. The second-order valence-electron chi connectivity index (χ2n) is 3.97. The van der Waals surface area contributed by atoms with Crippen LogP contribution in [-0.2, 0) is 10.2 Å². The minimum Gasteiger partial charge on any atom is -0.380 e. The molecule has 2 aliphatic rings. The second-order valence-corrected chi connectivity index (χ2v) is 4.38. The molecular formula is C10H11ClN2O. The van der Waals surface area contributed by atoms with Crippen LogP contribution in [0.25, 0.3) is 0 Å². The van der Waals surface area contributed by atoms with Crippen molar-refractivity contribution in [1.29, 1.82) is 0 Å². The van der Waals surface area contributed by atoms with Gasteiger partial charge < -0.3 is 4.74 Å². The molecule has 0 radical (unpaired) electrons. The summed E-state index contributed by atoms with van der Waals surface area (Å²) >= 11 is 6.15. The minimum atomic E-state index is 0.0539. The standard InChI is InChI=1S/C10H11ClN2O/c11-13-6-10(3-5-14-7-10)9-8(13)2-1-4-12-9/h1-2,4H,3,5-7H2. The molecule has 3 nitrogen and oxygen atoms in total. The van der Waals surface area contributed by atoms with Crippen LogP contribution in [0.4, 0.5) is 5.69 Å². The molecule has 4 heteroatoms. The molecular weight excluding hydrogens is 200 g/mol. The van der Waals surface area contributed by atoms with Gasteiger partial charge in [-0.1, -0.05) is 0 Å². The van der Waals surface area contributed by atoms with Crippen LogP contribution in [0.2, 0.25) is 0 Å². The van der Waals surface area contributed by atoms with Crippen molar-refractivity contribution in [3.8, 4) is 0 Å². The van der Waals surface area contributed by atoms with E-state index in [2.05, 4.69) is 4.98 Å². The van der Waals surface area contributed by atoms with Crippen molar-refractivity contribution >= 4 is 17.5 Å². The van der Waals surface area contributed by atoms with Gasteiger partial charge in [0.25, 0.3) is 0 Å². The number of pyridine rings is 1. The van der Waals surface area contributed by atoms with Gasteiger partial charge in [0.2, 0.25) is 0 Å². The number of halogens is 1. The Labute approximate surface area is 87.8 Å². The van der Waals surface area contributed by atoms with Gasteiger partial charge in [-0.3, -0.25) is 9.40 Å². The SMILES string of the molecule is ClN1CC2(CCOC2)c2ncccc21. The van der Waals surface area contributed by atoms with E-state index in [1.807, 2.05) is 18.3 Å². The van der Waals surface area contributed by atoms with Crippen LogP contribution in [0, 0.1) is 0 Å². The van der Waals surface area contributed by atoms with E-state index in [0.29, 0.717) is 0 Å². The molecule has 1 saturated heterocycles. The quantitative estimate of drug-likeness (QED) is 0.610. The van der Waals surface area contributed by atoms with E-state index in [0.717, 1.165) is 37.6 Å². The Morgan fingerprint density at radius 1 is 1.57 bits per heavy atom. The van der Waals surface area contributed by atoms with E-state index in [1.165, 1.54) is 0 Å². The second kappa shape index (κ2) is 2.84. The summed E-state index contributed by atoms with van der Waals surface area (Å²) in [6.45, 7) is 2.39. The highest BCUT2D eigenvalue weighted by molar-refractivity contribution is 6.26. The number of hydrogen-bond donors (Lipinski definition) is 0. The van der Waals surface area contributed by atoms with Gasteiger partial charge in [-0.25, -0.2) is 0 Å². The van der Waals surface area contributed by atoms with Crippen LogP contribution in [0.3, 0.4) is 0 Å². The molecule has 1 fully saturated rings. The average Bonchev–Trinajstić information content (AvgIpc) is 2.77. The predicted octanol–water partition coefficient (Wildman–Crippen LogP) is 1.71. The Morgan fingerprint density at radius 2 is 2.50 bits per heavy atom. The number of hydrogen-bond acceptors (Lipinski definition) is 3. The van der Waals surface area contributed by atoms with Gasteiger partial charge in [0.05, 0.1) is 23.4 Å². The predicted molar refractivity (Wildman–Crippen MR) is 54.6 cm³/mol. The van der Waals surface area contributed by atoms with Crippen molar-refractivity contribution in [1.82, 2.24) is 4.98 Å². The van der Waals surface area contributed by atoms with E-state index in [4.69, 9.17) is 16.5 Å². The molecule has 1 atom stereocenters. The van der Waals surface area contributed by atoms with Crippen molar-refractivity contribution in [2.24, 2.45) is 0 Å². The van der Waals surface area contributed by atoms with Gasteiger partial charge in [-0.15, -0.1) is 0 Å². The molecule has 1 aromatic rings. The molecule has 0 aromatic carbocycles. The molecule has 1 unspecified atom stereocenters. The summed E-state index contributed by atoms with van der Waals surface area (Å²) in [5.41, 5.74) is 2.20. The Bertz CT molecular complexity index is 363. The average molecular weight is 211 g/mol. The first-order valence-electron chi connectivity index (χ1n) is 4.78. The highest BCUT2D eigenvalue weighted by Gasteiger charge is 2.46. The first-order chi connectivity index (χ1) is 6.82. The Hall–Kier alpha value is -0.800. The van der Waals surface area contributed by atoms with Crippen LogP contribution >= 0.6 is 11.8 Å². The summed E-state index contributed by atoms with van der Waals surface area (Å²) < 4.78 is 7.22. The van der Waals surface area contributed by atoms with Gasteiger partial charge >= 0.3 is 0 Å². The summed E-state index contributed by atoms with van der Waals surface area (Å²) in [4.78, 5) is 4.44.